The summed E-state index contributed by atoms with van der Waals surface area (Å²) >= 11 is 0. The Morgan fingerprint density at radius 2 is 2.00 bits per heavy atom. The molecule has 1 aliphatic heterocycles. The zero-order chi connectivity index (χ0) is 24.0. The number of aromatic nitrogens is 4. The van der Waals surface area contributed by atoms with Crippen molar-refractivity contribution in [1.82, 2.24) is 25.0 Å². The predicted molar refractivity (Wildman–Crippen MR) is 112 cm³/mol. The first-order chi connectivity index (χ1) is 15.6. The van der Waals surface area contributed by atoms with Crippen molar-refractivity contribution < 1.29 is 27.6 Å². The molecule has 3 N–H and O–H groups in total. The number of aromatic amines is 1. The summed E-state index contributed by atoms with van der Waals surface area (Å²) in [4.78, 5) is 28.1. The number of piperidine rings is 1. The summed E-state index contributed by atoms with van der Waals surface area (Å²) in [6, 6.07) is 7.63. The SMILES string of the molecule is Cc1c[nH]c(=O)n1-c1cccc(-c2noc(CCC3CCNCC3)n2)c1.O=C(O)C(F)(F)F. The van der Waals surface area contributed by atoms with E-state index in [0.717, 1.165) is 48.8 Å². The molecule has 0 bridgehead atoms. The van der Waals surface area contributed by atoms with Crippen molar-refractivity contribution in [2.75, 3.05) is 13.1 Å². The molecule has 178 valence electrons. The Hall–Kier alpha value is -3.41. The van der Waals surface area contributed by atoms with Crippen molar-refractivity contribution in [3.05, 3.63) is 52.5 Å². The minimum absolute atomic E-state index is 0.157. The summed E-state index contributed by atoms with van der Waals surface area (Å²) in [7, 11) is 0. The van der Waals surface area contributed by atoms with E-state index in [1.165, 1.54) is 12.8 Å². The highest BCUT2D eigenvalue weighted by molar-refractivity contribution is 5.73. The predicted octanol–water partition coefficient (Wildman–Crippen LogP) is 3.09. The van der Waals surface area contributed by atoms with Crippen molar-refractivity contribution in [2.45, 2.75) is 38.8 Å². The molecule has 1 aromatic carbocycles. The number of nitrogens with zero attached hydrogens (tertiary/aromatic N) is 3. The standard InChI is InChI=1S/C19H23N5O2.C2HF3O2/c1-13-12-21-19(25)24(13)16-4-2-3-15(11-16)18-22-17(26-23-18)6-5-14-7-9-20-10-8-14;3-2(4,5)1(6)7/h2-4,11-12,14,20H,5-10H2,1H3,(H,21,25);(H,6,7). The Kier molecular flexibility index (Phi) is 7.69. The average molecular weight is 467 g/mol. The maximum absolute atomic E-state index is 12.0. The van der Waals surface area contributed by atoms with Crippen LogP contribution >= 0.6 is 0 Å². The van der Waals surface area contributed by atoms with Gasteiger partial charge >= 0.3 is 17.8 Å². The average Bonchev–Trinajstić information content (AvgIpc) is 3.39. The highest BCUT2D eigenvalue weighted by Gasteiger charge is 2.38. The highest BCUT2D eigenvalue weighted by Crippen LogP contribution is 2.22. The van der Waals surface area contributed by atoms with Gasteiger partial charge in [-0.15, -0.1) is 0 Å². The summed E-state index contributed by atoms with van der Waals surface area (Å²) in [5, 5.41) is 14.6. The molecule has 0 aliphatic carbocycles. The van der Waals surface area contributed by atoms with Crippen LogP contribution in [0.15, 0.2) is 39.8 Å². The molecule has 3 heterocycles. The van der Waals surface area contributed by atoms with Crippen LogP contribution in [0.3, 0.4) is 0 Å². The molecule has 1 aliphatic rings. The number of hydrogen-bond donors (Lipinski definition) is 3. The van der Waals surface area contributed by atoms with Gasteiger partial charge in [0, 0.05) is 23.9 Å². The second-order valence-electron chi connectivity index (χ2n) is 7.67. The first-order valence-corrected chi connectivity index (χ1v) is 10.4. The molecular weight excluding hydrogens is 443 g/mol. The van der Waals surface area contributed by atoms with Gasteiger partial charge in [-0.3, -0.25) is 4.57 Å². The molecule has 2 aromatic heterocycles. The van der Waals surface area contributed by atoms with E-state index in [4.69, 9.17) is 14.4 Å². The molecule has 1 fully saturated rings. The van der Waals surface area contributed by atoms with Gasteiger partial charge in [0.25, 0.3) is 0 Å². The summed E-state index contributed by atoms with van der Waals surface area (Å²) in [5.41, 5.74) is 2.32. The van der Waals surface area contributed by atoms with Crippen LogP contribution in [0.25, 0.3) is 17.1 Å². The topological polar surface area (TPSA) is 126 Å². The van der Waals surface area contributed by atoms with Crippen LogP contribution < -0.4 is 11.0 Å². The summed E-state index contributed by atoms with van der Waals surface area (Å²) < 4.78 is 38.8. The fourth-order valence-corrected chi connectivity index (χ4v) is 3.53. The molecule has 1 saturated heterocycles. The van der Waals surface area contributed by atoms with Gasteiger partial charge in [-0.1, -0.05) is 17.3 Å². The van der Waals surface area contributed by atoms with E-state index in [1.807, 2.05) is 31.2 Å². The Labute approximate surface area is 186 Å². The first-order valence-electron chi connectivity index (χ1n) is 10.4. The number of H-pyrrole nitrogens is 1. The van der Waals surface area contributed by atoms with Crippen LogP contribution in [0.5, 0.6) is 0 Å². The molecule has 0 amide bonds. The van der Waals surface area contributed by atoms with Gasteiger partial charge in [0.1, 0.15) is 0 Å². The van der Waals surface area contributed by atoms with Crippen LogP contribution in [0, 0.1) is 12.8 Å². The quantitative estimate of drug-likeness (QED) is 0.526. The Morgan fingerprint density at radius 3 is 2.61 bits per heavy atom. The lowest BCUT2D eigenvalue weighted by molar-refractivity contribution is -0.192. The normalized spacial score (nSPS) is 14.5. The second-order valence-corrected chi connectivity index (χ2v) is 7.67. The van der Waals surface area contributed by atoms with Crippen molar-refractivity contribution in [3.8, 4) is 17.1 Å². The molecule has 9 nitrogen and oxygen atoms in total. The second kappa shape index (κ2) is 10.5. The number of benzene rings is 1. The molecular formula is C21H24F3N5O4. The van der Waals surface area contributed by atoms with E-state index in [2.05, 4.69) is 20.4 Å². The molecule has 0 spiro atoms. The minimum Gasteiger partial charge on any atom is -0.475 e. The summed E-state index contributed by atoms with van der Waals surface area (Å²) in [6.07, 6.45) is 0.943. The van der Waals surface area contributed by atoms with Crippen LogP contribution in [-0.4, -0.2) is 50.0 Å². The molecule has 0 saturated carbocycles. The number of aliphatic carboxylic acids is 1. The van der Waals surface area contributed by atoms with Crippen LogP contribution in [0.1, 0.15) is 30.8 Å². The van der Waals surface area contributed by atoms with Crippen LogP contribution in [-0.2, 0) is 11.2 Å². The lowest BCUT2D eigenvalue weighted by atomic mass is 9.93. The van der Waals surface area contributed by atoms with E-state index in [1.54, 1.807) is 10.8 Å². The lowest BCUT2D eigenvalue weighted by Gasteiger charge is -2.21. The fraction of sp³-hybridized carbons (Fsp3) is 0.429. The van der Waals surface area contributed by atoms with Crippen LogP contribution in [0.4, 0.5) is 13.2 Å². The third-order valence-electron chi connectivity index (χ3n) is 5.26. The van der Waals surface area contributed by atoms with E-state index in [9.17, 15) is 18.0 Å². The monoisotopic (exact) mass is 467 g/mol. The molecule has 12 heteroatoms. The summed E-state index contributed by atoms with van der Waals surface area (Å²) in [6.45, 7) is 4.09. The van der Waals surface area contributed by atoms with Gasteiger partial charge in [-0.25, -0.2) is 9.59 Å². The van der Waals surface area contributed by atoms with Crippen molar-refractivity contribution in [3.63, 3.8) is 0 Å². The fourth-order valence-electron chi connectivity index (χ4n) is 3.53. The van der Waals surface area contributed by atoms with E-state index in [-0.39, 0.29) is 5.69 Å². The molecule has 0 unspecified atom stereocenters. The van der Waals surface area contributed by atoms with E-state index < -0.39 is 12.1 Å². The highest BCUT2D eigenvalue weighted by atomic mass is 19.4. The van der Waals surface area contributed by atoms with E-state index in [0.29, 0.717) is 11.7 Å². The number of carboxylic acid groups (broad SMARTS) is 1. The Bertz CT molecular complexity index is 1130. The maximum Gasteiger partial charge on any atom is 0.490 e. The lowest BCUT2D eigenvalue weighted by Crippen LogP contribution is -2.27. The van der Waals surface area contributed by atoms with Crippen molar-refractivity contribution in [1.29, 1.82) is 0 Å². The number of aryl methyl sites for hydroxylation is 2. The van der Waals surface area contributed by atoms with Crippen LogP contribution in [0.2, 0.25) is 0 Å². The zero-order valence-corrected chi connectivity index (χ0v) is 17.9. The summed E-state index contributed by atoms with van der Waals surface area (Å²) in [5.74, 6) is -0.779. The number of rotatable bonds is 5. The van der Waals surface area contributed by atoms with Crippen molar-refractivity contribution >= 4 is 5.97 Å². The third-order valence-corrected chi connectivity index (χ3v) is 5.26. The molecule has 3 aromatic rings. The number of halogens is 3. The Balaban J connectivity index is 0.000000383. The van der Waals surface area contributed by atoms with Gasteiger partial charge in [0.15, 0.2) is 0 Å². The number of imidazole rings is 1. The Morgan fingerprint density at radius 1 is 1.30 bits per heavy atom. The van der Waals surface area contributed by atoms with E-state index >= 15 is 0 Å². The molecule has 0 radical (unpaired) electrons. The smallest absolute Gasteiger partial charge is 0.475 e. The van der Waals surface area contributed by atoms with Gasteiger partial charge in [-0.05, 0) is 57.3 Å². The van der Waals surface area contributed by atoms with Gasteiger partial charge < -0.3 is 19.9 Å². The van der Waals surface area contributed by atoms with Gasteiger partial charge in [0.2, 0.25) is 11.7 Å². The van der Waals surface area contributed by atoms with Gasteiger partial charge in [-0.2, -0.15) is 18.2 Å². The zero-order valence-electron chi connectivity index (χ0n) is 17.9. The third kappa shape index (κ3) is 6.54. The molecule has 0 atom stereocenters. The molecule has 33 heavy (non-hydrogen) atoms. The number of carboxylic acids is 1. The van der Waals surface area contributed by atoms with Crippen molar-refractivity contribution in [2.24, 2.45) is 5.92 Å². The largest absolute Gasteiger partial charge is 0.490 e. The molecule has 4 rings (SSSR count). The number of nitrogens with one attached hydrogen (secondary N) is 2. The first kappa shape index (κ1) is 24.2. The number of carbonyl (C=O) groups is 1. The van der Waals surface area contributed by atoms with Gasteiger partial charge in [0.05, 0.1) is 5.69 Å². The number of alkyl halides is 3. The minimum atomic E-state index is -5.08. The maximum atomic E-state index is 12.0. The number of hydrogen-bond acceptors (Lipinski definition) is 6.